The van der Waals surface area contributed by atoms with Crippen LogP contribution in [0.1, 0.15) is 77.2 Å². The summed E-state index contributed by atoms with van der Waals surface area (Å²) in [6, 6.07) is 14.8. The SMILES string of the molecule is CC(C)OC(=O)c1cccc(NC(=O)CCOc2ccc(C(C)(C)CC(C)(C)C)cc2)c1. The largest absolute Gasteiger partial charge is 0.493 e. The van der Waals surface area contributed by atoms with Crippen LogP contribution in [0, 0.1) is 5.41 Å². The van der Waals surface area contributed by atoms with Crippen molar-refractivity contribution in [3.05, 3.63) is 59.7 Å². The molecule has 1 N–H and O–H groups in total. The minimum Gasteiger partial charge on any atom is -0.493 e. The van der Waals surface area contributed by atoms with Gasteiger partial charge in [0.1, 0.15) is 5.75 Å². The molecule has 174 valence electrons. The zero-order valence-corrected chi connectivity index (χ0v) is 20.5. The Morgan fingerprint density at radius 2 is 1.62 bits per heavy atom. The predicted octanol–water partition coefficient (Wildman–Crippen LogP) is 6.37. The average molecular weight is 440 g/mol. The van der Waals surface area contributed by atoms with Gasteiger partial charge >= 0.3 is 5.97 Å². The van der Waals surface area contributed by atoms with E-state index in [0.717, 1.165) is 12.2 Å². The molecule has 0 bridgehead atoms. The summed E-state index contributed by atoms with van der Waals surface area (Å²) in [7, 11) is 0. The predicted molar refractivity (Wildman–Crippen MR) is 129 cm³/mol. The Morgan fingerprint density at radius 3 is 2.22 bits per heavy atom. The van der Waals surface area contributed by atoms with Crippen LogP contribution in [0.25, 0.3) is 0 Å². The third-order valence-electron chi connectivity index (χ3n) is 4.93. The summed E-state index contributed by atoms with van der Waals surface area (Å²) in [6.07, 6.45) is 1.09. The number of rotatable bonds is 9. The summed E-state index contributed by atoms with van der Waals surface area (Å²) in [5.74, 6) is 0.155. The molecule has 0 heterocycles. The van der Waals surface area contributed by atoms with Crippen molar-refractivity contribution < 1.29 is 19.1 Å². The molecule has 0 saturated heterocycles. The topological polar surface area (TPSA) is 64.6 Å². The molecular weight excluding hydrogens is 402 g/mol. The number of carbonyl (C=O) groups excluding carboxylic acids is 2. The number of hydrogen-bond acceptors (Lipinski definition) is 4. The number of carbonyl (C=O) groups is 2. The summed E-state index contributed by atoms with van der Waals surface area (Å²) >= 11 is 0. The van der Waals surface area contributed by atoms with E-state index in [4.69, 9.17) is 9.47 Å². The highest BCUT2D eigenvalue weighted by Crippen LogP contribution is 2.36. The fourth-order valence-electron chi connectivity index (χ4n) is 3.92. The van der Waals surface area contributed by atoms with E-state index in [9.17, 15) is 9.59 Å². The third-order valence-corrected chi connectivity index (χ3v) is 4.93. The number of ether oxygens (including phenoxy) is 2. The van der Waals surface area contributed by atoms with Crippen molar-refractivity contribution in [1.29, 1.82) is 0 Å². The molecule has 0 atom stereocenters. The van der Waals surface area contributed by atoms with Gasteiger partial charge in [0.05, 0.1) is 24.7 Å². The van der Waals surface area contributed by atoms with Gasteiger partial charge in [-0.15, -0.1) is 0 Å². The van der Waals surface area contributed by atoms with Gasteiger partial charge in [-0.3, -0.25) is 4.79 Å². The third kappa shape index (κ3) is 8.37. The first kappa shape index (κ1) is 25.4. The molecule has 0 saturated carbocycles. The van der Waals surface area contributed by atoms with Crippen LogP contribution in [0.5, 0.6) is 5.75 Å². The van der Waals surface area contributed by atoms with Crippen LogP contribution >= 0.6 is 0 Å². The summed E-state index contributed by atoms with van der Waals surface area (Å²) in [5, 5.41) is 2.80. The van der Waals surface area contributed by atoms with E-state index in [0.29, 0.717) is 11.3 Å². The summed E-state index contributed by atoms with van der Waals surface area (Å²) in [4.78, 5) is 24.3. The number of nitrogens with one attached hydrogen (secondary N) is 1. The monoisotopic (exact) mass is 439 g/mol. The van der Waals surface area contributed by atoms with Crippen molar-refractivity contribution >= 4 is 17.6 Å². The van der Waals surface area contributed by atoms with E-state index in [-0.39, 0.29) is 35.9 Å². The van der Waals surface area contributed by atoms with E-state index in [1.807, 2.05) is 12.1 Å². The van der Waals surface area contributed by atoms with Crippen molar-refractivity contribution in [2.45, 2.75) is 72.8 Å². The van der Waals surface area contributed by atoms with Gasteiger partial charge in [-0.2, -0.15) is 0 Å². The first-order chi connectivity index (χ1) is 14.9. The molecule has 1 amide bonds. The lowest BCUT2D eigenvalue weighted by Gasteiger charge is -2.33. The molecule has 2 aromatic carbocycles. The molecule has 0 aliphatic heterocycles. The van der Waals surface area contributed by atoms with Gasteiger partial charge in [0.2, 0.25) is 5.91 Å². The number of amides is 1. The molecule has 2 rings (SSSR count). The first-order valence-corrected chi connectivity index (χ1v) is 11.2. The molecule has 0 spiro atoms. The summed E-state index contributed by atoms with van der Waals surface area (Å²) < 4.78 is 10.9. The number of hydrogen-bond donors (Lipinski definition) is 1. The quantitative estimate of drug-likeness (QED) is 0.461. The van der Waals surface area contributed by atoms with Crippen LogP contribution in [0.3, 0.4) is 0 Å². The molecule has 5 heteroatoms. The number of benzene rings is 2. The average Bonchev–Trinajstić information content (AvgIpc) is 2.66. The fourth-order valence-corrected chi connectivity index (χ4v) is 3.92. The van der Waals surface area contributed by atoms with Crippen molar-refractivity contribution in [2.75, 3.05) is 11.9 Å². The normalized spacial score (nSPS) is 11.9. The molecule has 0 fully saturated rings. The molecular formula is C27H37NO4. The van der Waals surface area contributed by atoms with Crippen molar-refractivity contribution in [2.24, 2.45) is 5.41 Å². The molecule has 32 heavy (non-hydrogen) atoms. The maximum absolute atomic E-state index is 12.3. The Hall–Kier alpha value is -2.82. The molecule has 0 aliphatic rings. The maximum Gasteiger partial charge on any atom is 0.338 e. The van der Waals surface area contributed by atoms with Crippen LogP contribution in [0.15, 0.2) is 48.5 Å². The minimum atomic E-state index is -0.409. The van der Waals surface area contributed by atoms with Crippen molar-refractivity contribution in [1.82, 2.24) is 0 Å². The molecule has 2 aromatic rings. The van der Waals surface area contributed by atoms with Gasteiger partial charge in [0.25, 0.3) is 0 Å². The van der Waals surface area contributed by atoms with Gasteiger partial charge in [-0.25, -0.2) is 4.79 Å². The Kier molecular flexibility index (Phi) is 8.48. The second kappa shape index (κ2) is 10.7. The fraction of sp³-hybridized carbons (Fsp3) is 0.481. The van der Waals surface area contributed by atoms with Crippen molar-refractivity contribution in [3.63, 3.8) is 0 Å². The van der Waals surface area contributed by atoms with Gasteiger partial charge < -0.3 is 14.8 Å². The van der Waals surface area contributed by atoms with E-state index in [1.165, 1.54) is 5.56 Å². The van der Waals surface area contributed by atoms with Gasteiger partial charge in [-0.05, 0) is 67.0 Å². The van der Waals surface area contributed by atoms with Crippen LogP contribution in [-0.2, 0) is 14.9 Å². The van der Waals surface area contributed by atoms with Gasteiger partial charge in [-0.1, -0.05) is 52.8 Å². The lowest BCUT2D eigenvalue weighted by atomic mass is 9.72. The smallest absolute Gasteiger partial charge is 0.338 e. The van der Waals surface area contributed by atoms with Crippen LogP contribution in [-0.4, -0.2) is 24.6 Å². The Morgan fingerprint density at radius 1 is 0.969 bits per heavy atom. The van der Waals surface area contributed by atoms with Gasteiger partial charge in [0.15, 0.2) is 0 Å². The Labute approximate surface area is 192 Å². The molecule has 0 aromatic heterocycles. The lowest BCUT2D eigenvalue weighted by Crippen LogP contribution is -2.24. The standard InChI is InChI=1S/C27H37NO4/c1-19(2)32-25(30)20-9-8-10-22(17-20)28-24(29)15-16-31-23-13-11-21(12-14-23)27(6,7)18-26(3,4)5/h8-14,17,19H,15-16,18H2,1-7H3,(H,28,29). The van der Waals surface area contributed by atoms with Crippen LogP contribution < -0.4 is 10.1 Å². The summed E-state index contributed by atoms with van der Waals surface area (Å²) in [5.41, 5.74) is 2.56. The van der Waals surface area contributed by atoms with E-state index >= 15 is 0 Å². The molecule has 5 nitrogen and oxygen atoms in total. The van der Waals surface area contributed by atoms with Crippen molar-refractivity contribution in [3.8, 4) is 5.75 Å². The van der Waals surface area contributed by atoms with E-state index in [1.54, 1.807) is 38.1 Å². The zero-order valence-electron chi connectivity index (χ0n) is 20.5. The van der Waals surface area contributed by atoms with E-state index < -0.39 is 5.97 Å². The second-order valence-electron chi connectivity index (χ2n) is 10.3. The molecule has 0 aliphatic carbocycles. The Balaban J connectivity index is 1.85. The highest BCUT2D eigenvalue weighted by molar-refractivity contribution is 5.94. The summed E-state index contributed by atoms with van der Waals surface area (Å²) in [6.45, 7) is 15.1. The lowest BCUT2D eigenvalue weighted by molar-refractivity contribution is -0.116. The zero-order chi connectivity index (χ0) is 23.9. The van der Waals surface area contributed by atoms with Crippen LogP contribution in [0.2, 0.25) is 0 Å². The van der Waals surface area contributed by atoms with E-state index in [2.05, 4.69) is 52.1 Å². The van der Waals surface area contributed by atoms with Crippen LogP contribution in [0.4, 0.5) is 5.69 Å². The van der Waals surface area contributed by atoms with Gasteiger partial charge in [0, 0.05) is 5.69 Å². The highest BCUT2D eigenvalue weighted by atomic mass is 16.5. The molecule has 0 unspecified atom stereocenters. The first-order valence-electron chi connectivity index (χ1n) is 11.2. The Bertz CT molecular complexity index is 908. The maximum atomic E-state index is 12.3. The molecule has 0 radical (unpaired) electrons. The number of anilines is 1. The highest BCUT2D eigenvalue weighted by Gasteiger charge is 2.27. The minimum absolute atomic E-state index is 0.0762. The second-order valence-corrected chi connectivity index (χ2v) is 10.3. The number of esters is 1.